The maximum atomic E-state index is 12.2. The highest BCUT2D eigenvalue weighted by Gasteiger charge is 2.35. The number of methoxy groups -OCH3 is 1. The lowest BCUT2D eigenvalue weighted by atomic mass is 9.93. The Bertz CT molecular complexity index is 688. The van der Waals surface area contributed by atoms with Gasteiger partial charge < -0.3 is 20.5 Å². The fourth-order valence-corrected chi connectivity index (χ4v) is 3.71. The lowest BCUT2D eigenvalue weighted by Crippen LogP contribution is -2.45. The van der Waals surface area contributed by atoms with Crippen LogP contribution in [0.3, 0.4) is 0 Å². The second-order valence-electron chi connectivity index (χ2n) is 4.99. The van der Waals surface area contributed by atoms with E-state index in [0.717, 1.165) is 6.42 Å². The summed E-state index contributed by atoms with van der Waals surface area (Å²) in [5.41, 5.74) is 1.19. The van der Waals surface area contributed by atoms with Gasteiger partial charge in [-0.25, -0.2) is 9.59 Å². The molecule has 0 saturated heterocycles. The first-order valence-electron chi connectivity index (χ1n) is 6.95. The first-order valence-corrected chi connectivity index (χ1v) is 8.54. The molecule has 2 amide bonds. The van der Waals surface area contributed by atoms with Gasteiger partial charge in [0, 0.05) is 15.7 Å². The molecule has 0 bridgehead atoms. The van der Waals surface area contributed by atoms with E-state index in [-0.39, 0.29) is 11.3 Å². The van der Waals surface area contributed by atoms with Crippen molar-refractivity contribution in [3.05, 3.63) is 37.9 Å². The molecule has 0 spiro atoms. The third-order valence-corrected chi connectivity index (χ3v) is 4.49. The van der Waals surface area contributed by atoms with Crippen LogP contribution in [0.5, 0.6) is 5.75 Å². The SMILES string of the molecule is CCCC1=C(C(=O)OC)C(c2cc(Br)cc(Br)c2O)NC(=O)N1. The molecule has 3 N–H and O–H groups in total. The van der Waals surface area contributed by atoms with Crippen LogP contribution in [0.2, 0.25) is 0 Å². The maximum Gasteiger partial charge on any atom is 0.337 e. The monoisotopic (exact) mass is 446 g/mol. The molecule has 1 heterocycles. The number of aromatic hydroxyl groups is 1. The van der Waals surface area contributed by atoms with E-state index >= 15 is 0 Å². The first kappa shape index (κ1) is 17.8. The number of rotatable bonds is 4. The Labute approximate surface area is 150 Å². The fourth-order valence-electron chi connectivity index (χ4n) is 2.46. The van der Waals surface area contributed by atoms with Gasteiger partial charge in [0.05, 0.1) is 23.2 Å². The van der Waals surface area contributed by atoms with Crippen molar-refractivity contribution in [2.45, 2.75) is 25.8 Å². The predicted molar refractivity (Wildman–Crippen MR) is 91.9 cm³/mol. The number of hydrogen-bond donors (Lipinski definition) is 3. The molecule has 124 valence electrons. The van der Waals surface area contributed by atoms with Crippen molar-refractivity contribution in [3.8, 4) is 5.75 Å². The van der Waals surface area contributed by atoms with Crippen molar-refractivity contribution < 1.29 is 19.4 Å². The van der Waals surface area contributed by atoms with Crippen molar-refractivity contribution in [2.75, 3.05) is 7.11 Å². The number of carbonyl (C=O) groups is 2. The van der Waals surface area contributed by atoms with Gasteiger partial charge in [0.15, 0.2) is 0 Å². The van der Waals surface area contributed by atoms with Crippen LogP contribution < -0.4 is 10.6 Å². The smallest absolute Gasteiger partial charge is 0.337 e. The lowest BCUT2D eigenvalue weighted by Gasteiger charge is -2.29. The highest BCUT2D eigenvalue weighted by atomic mass is 79.9. The average molecular weight is 448 g/mol. The second-order valence-corrected chi connectivity index (χ2v) is 6.76. The third-order valence-electron chi connectivity index (χ3n) is 3.43. The number of carbonyl (C=O) groups excluding carboxylic acids is 2. The largest absolute Gasteiger partial charge is 0.506 e. The van der Waals surface area contributed by atoms with Gasteiger partial charge in [0.1, 0.15) is 5.75 Å². The van der Waals surface area contributed by atoms with Gasteiger partial charge in [0.2, 0.25) is 0 Å². The minimum absolute atomic E-state index is 0.0438. The maximum absolute atomic E-state index is 12.2. The van der Waals surface area contributed by atoms with E-state index in [1.54, 1.807) is 12.1 Å². The number of benzene rings is 1. The molecule has 0 fully saturated rings. The predicted octanol–water partition coefficient (Wildman–Crippen LogP) is 3.50. The zero-order valence-corrected chi connectivity index (χ0v) is 15.7. The number of phenolic OH excluding ortho intramolecular Hbond substituents is 1. The molecule has 1 atom stereocenters. The first-order chi connectivity index (χ1) is 10.9. The Balaban J connectivity index is 2.64. The van der Waals surface area contributed by atoms with Crippen molar-refractivity contribution in [1.29, 1.82) is 0 Å². The number of nitrogens with one attached hydrogen (secondary N) is 2. The Kier molecular flexibility index (Phi) is 5.69. The Hall–Kier alpha value is -1.54. The molecule has 0 aliphatic carbocycles. The van der Waals surface area contributed by atoms with E-state index in [0.29, 0.717) is 26.6 Å². The molecule has 0 saturated carbocycles. The summed E-state index contributed by atoms with van der Waals surface area (Å²) in [5.74, 6) is -0.598. The van der Waals surface area contributed by atoms with Gasteiger partial charge in [-0.3, -0.25) is 0 Å². The van der Waals surface area contributed by atoms with E-state index in [4.69, 9.17) is 4.74 Å². The third kappa shape index (κ3) is 3.69. The Morgan fingerprint density at radius 2 is 2.09 bits per heavy atom. The van der Waals surface area contributed by atoms with E-state index in [1.165, 1.54) is 7.11 Å². The van der Waals surface area contributed by atoms with Gasteiger partial charge in [0.25, 0.3) is 0 Å². The number of urea groups is 1. The van der Waals surface area contributed by atoms with Gasteiger partial charge in [-0.15, -0.1) is 0 Å². The molecule has 8 heteroatoms. The highest BCUT2D eigenvalue weighted by molar-refractivity contribution is 9.11. The van der Waals surface area contributed by atoms with Crippen molar-refractivity contribution in [3.63, 3.8) is 0 Å². The topological polar surface area (TPSA) is 87.7 Å². The molecule has 1 aliphatic heterocycles. The zero-order chi connectivity index (χ0) is 17.1. The van der Waals surface area contributed by atoms with Gasteiger partial charge in [-0.2, -0.15) is 0 Å². The van der Waals surface area contributed by atoms with E-state index in [1.807, 2.05) is 6.92 Å². The minimum Gasteiger partial charge on any atom is -0.506 e. The molecule has 2 rings (SSSR count). The molecule has 0 aromatic heterocycles. The fraction of sp³-hybridized carbons (Fsp3) is 0.333. The van der Waals surface area contributed by atoms with Crippen LogP contribution in [0.15, 0.2) is 32.3 Å². The summed E-state index contributed by atoms with van der Waals surface area (Å²) in [6.07, 6.45) is 1.27. The molecule has 1 unspecified atom stereocenters. The van der Waals surface area contributed by atoms with Gasteiger partial charge >= 0.3 is 12.0 Å². The van der Waals surface area contributed by atoms with Crippen LogP contribution in [-0.4, -0.2) is 24.2 Å². The van der Waals surface area contributed by atoms with Crippen LogP contribution in [0.25, 0.3) is 0 Å². The number of amides is 2. The molecule has 6 nitrogen and oxygen atoms in total. The molecular formula is C15H16Br2N2O4. The number of esters is 1. The van der Waals surface area contributed by atoms with E-state index in [9.17, 15) is 14.7 Å². The van der Waals surface area contributed by atoms with Crippen molar-refractivity contribution in [2.24, 2.45) is 0 Å². The van der Waals surface area contributed by atoms with Crippen molar-refractivity contribution >= 4 is 43.9 Å². The normalized spacial score (nSPS) is 17.6. The summed E-state index contributed by atoms with van der Waals surface area (Å²) in [6, 6.07) is 2.10. The number of ether oxygens (including phenoxy) is 1. The highest BCUT2D eigenvalue weighted by Crippen LogP contribution is 2.39. The summed E-state index contributed by atoms with van der Waals surface area (Å²) in [6.45, 7) is 1.94. The van der Waals surface area contributed by atoms with E-state index in [2.05, 4.69) is 42.5 Å². The standard InChI is InChI=1S/C15H16Br2N2O4/c1-3-4-10-11(14(21)23-2)12(19-15(22)18-10)8-5-7(16)6-9(17)13(8)20/h5-6,12,20H,3-4H2,1-2H3,(H2,18,19,22). The summed E-state index contributed by atoms with van der Waals surface area (Å²) in [7, 11) is 1.28. The summed E-state index contributed by atoms with van der Waals surface area (Å²) < 4.78 is 6.02. The zero-order valence-electron chi connectivity index (χ0n) is 12.6. The van der Waals surface area contributed by atoms with Crippen LogP contribution >= 0.6 is 31.9 Å². The minimum atomic E-state index is -0.799. The van der Waals surface area contributed by atoms with Crippen LogP contribution in [0.4, 0.5) is 4.79 Å². The van der Waals surface area contributed by atoms with Crippen LogP contribution in [-0.2, 0) is 9.53 Å². The molecule has 1 aliphatic rings. The van der Waals surface area contributed by atoms with Crippen molar-refractivity contribution in [1.82, 2.24) is 10.6 Å². The van der Waals surface area contributed by atoms with E-state index < -0.39 is 18.0 Å². The summed E-state index contributed by atoms with van der Waals surface area (Å²) in [5, 5.41) is 15.7. The Morgan fingerprint density at radius 3 is 2.70 bits per heavy atom. The van der Waals surface area contributed by atoms with Gasteiger partial charge in [-0.1, -0.05) is 29.3 Å². The number of allylic oxidation sites excluding steroid dienone is 1. The number of halogens is 2. The Morgan fingerprint density at radius 1 is 1.39 bits per heavy atom. The van der Waals surface area contributed by atoms with Crippen LogP contribution in [0.1, 0.15) is 31.4 Å². The van der Waals surface area contributed by atoms with Gasteiger partial charge in [-0.05, 0) is 34.5 Å². The lowest BCUT2D eigenvalue weighted by molar-refractivity contribution is -0.136. The molecular weight excluding hydrogens is 432 g/mol. The molecule has 0 radical (unpaired) electrons. The average Bonchev–Trinajstić information content (AvgIpc) is 2.50. The quantitative estimate of drug-likeness (QED) is 0.616. The molecule has 1 aromatic rings. The summed E-state index contributed by atoms with van der Waals surface area (Å²) in [4.78, 5) is 24.2. The number of hydrogen-bond acceptors (Lipinski definition) is 4. The number of phenols is 1. The summed E-state index contributed by atoms with van der Waals surface area (Å²) >= 11 is 6.61. The molecule has 23 heavy (non-hydrogen) atoms. The second kappa shape index (κ2) is 7.35. The van der Waals surface area contributed by atoms with Crippen LogP contribution in [0, 0.1) is 0 Å². The molecule has 1 aromatic carbocycles.